The minimum Gasteiger partial charge on any atom is -0.419 e. The topological polar surface area (TPSA) is 123 Å². The molecule has 1 saturated heterocycles. The largest absolute Gasteiger partial charge is 0.419 e. The van der Waals surface area contributed by atoms with E-state index in [1.165, 1.54) is 7.05 Å². The van der Waals surface area contributed by atoms with Crippen LogP contribution in [0.2, 0.25) is 0 Å². The highest BCUT2D eigenvalue weighted by Gasteiger charge is 2.31. The van der Waals surface area contributed by atoms with Crippen molar-refractivity contribution in [1.82, 2.24) is 15.1 Å². The number of carbonyl (C=O) groups is 1. The maximum atomic E-state index is 13.6. The minimum absolute atomic E-state index is 0.131. The molecule has 1 fully saturated rings. The second kappa shape index (κ2) is 10.6. The minimum atomic E-state index is -3.57. The van der Waals surface area contributed by atoms with Crippen LogP contribution in [0.1, 0.15) is 61.3 Å². The Kier molecular flexibility index (Phi) is 7.70. The summed E-state index contributed by atoms with van der Waals surface area (Å²) in [6.07, 6.45) is 5.46. The zero-order valence-electron chi connectivity index (χ0n) is 21.8. The second-order valence-corrected chi connectivity index (χ2v) is 12.1. The number of carbonyl (C=O) groups excluding carboxylic acids is 1. The molecule has 0 unspecified atom stereocenters. The summed E-state index contributed by atoms with van der Waals surface area (Å²) in [7, 11) is -2.11. The van der Waals surface area contributed by atoms with Crippen LogP contribution >= 0.6 is 0 Å². The van der Waals surface area contributed by atoms with Gasteiger partial charge >= 0.3 is 0 Å². The van der Waals surface area contributed by atoms with Gasteiger partial charge in [-0.2, -0.15) is 0 Å². The van der Waals surface area contributed by atoms with E-state index in [1.54, 1.807) is 18.2 Å². The van der Waals surface area contributed by atoms with Crippen LogP contribution in [0.3, 0.4) is 0 Å². The van der Waals surface area contributed by atoms with E-state index in [0.29, 0.717) is 29.8 Å². The molecule has 4 rings (SSSR count). The molecular weight excluding hydrogens is 490 g/mol. The Morgan fingerprint density at radius 2 is 1.95 bits per heavy atom. The Labute approximate surface area is 218 Å². The standard InChI is InChI=1S/C27H35N5O4S/c1-5-10-22-13-9-14-32(22)25(33)21-15-20(16-23(17-21)31(3)37(4,34)35)24-29-30-26(36-24)27(2,28)18-19-11-7-6-8-12-19/h6-8,11-12,15-17,22H,5,9-10,13-14,18,28H2,1-4H3/t22-,27+/m0/s1. The van der Waals surface area contributed by atoms with Gasteiger partial charge in [0.1, 0.15) is 0 Å². The van der Waals surface area contributed by atoms with Crippen LogP contribution in [-0.4, -0.2) is 55.3 Å². The Balaban J connectivity index is 1.71. The van der Waals surface area contributed by atoms with Gasteiger partial charge in [-0.05, 0) is 56.4 Å². The molecule has 0 bridgehead atoms. The molecule has 2 heterocycles. The van der Waals surface area contributed by atoms with Gasteiger partial charge in [-0.25, -0.2) is 8.42 Å². The molecule has 0 saturated carbocycles. The van der Waals surface area contributed by atoms with Gasteiger partial charge in [0.15, 0.2) is 0 Å². The molecular formula is C27H35N5O4S. The first-order valence-electron chi connectivity index (χ1n) is 12.6. The highest BCUT2D eigenvalue weighted by atomic mass is 32.2. The Hall–Kier alpha value is -3.24. The normalized spacial score (nSPS) is 17.5. The summed E-state index contributed by atoms with van der Waals surface area (Å²) in [5, 5.41) is 8.41. The fraction of sp³-hybridized carbons (Fsp3) is 0.444. The smallest absolute Gasteiger partial charge is 0.254 e. The lowest BCUT2D eigenvalue weighted by Gasteiger charge is -2.25. The van der Waals surface area contributed by atoms with E-state index in [0.717, 1.165) is 41.8 Å². The monoisotopic (exact) mass is 525 g/mol. The number of amides is 1. The summed E-state index contributed by atoms with van der Waals surface area (Å²) in [4.78, 5) is 15.5. The molecule has 9 nitrogen and oxygen atoms in total. The third kappa shape index (κ3) is 6.02. The molecule has 1 amide bonds. The van der Waals surface area contributed by atoms with Gasteiger partial charge in [0.25, 0.3) is 5.91 Å². The van der Waals surface area contributed by atoms with Gasteiger partial charge in [0, 0.05) is 30.8 Å². The molecule has 0 spiro atoms. The summed E-state index contributed by atoms with van der Waals surface area (Å²) in [6.45, 7) is 4.61. The van der Waals surface area contributed by atoms with Crippen LogP contribution in [0.5, 0.6) is 0 Å². The first-order chi connectivity index (χ1) is 17.5. The highest BCUT2D eigenvalue weighted by Crippen LogP contribution is 2.31. The van der Waals surface area contributed by atoms with Crippen molar-refractivity contribution in [2.75, 3.05) is 24.2 Å². The first kappa shape index (κ1) is 26.8. The molecule has 2 atom stereocenters. The molecule has 0 radical (unpaired) electrons. The van der Waals surface area contributed by atoms with Crippen molar-refractivity contribution in [3.8, 4) is 11.5 Å². The molecule has 198 valence electrons. The van der Waals surface area contributed by atoms with E-state index in [4.69, 9.17) is 10.2 Å². The SMILES string of the molecule is CCC[C@H]1CCCN1C(=O)c1cc(-c2nnc([C@](C)(N)Cc3ccccc3)o2)cc(N(C)S(C)(=O)=O)c1. The van der Waals surface area contributed by atoms with Crippen LogP contribution in [0.4, 0.5) is 5.69 Å². The molecule has 0 aliphatic carbocycles. The van der Waals surface area contributed by atoms with Crippen molar-refractivity contribution in [3.05, 3.63) is 65.5 Å². The molecule has 1 aliphatic heterocycles. The average molecular weight is 526 g/mol. The summed E-state index contributed by atoms with van der Waals surface area (Å²) in [5.74, 6) is 0.293. The quantitative estimate of drug-likeness (QED) is 0.449. The van der Waals surface area contributed by atoms with E-state index in [-0.39, 0.29) is 23.7 Å². The van der Waals surface area contributed by atoms with Gasteiger partial charge in [-0.15, -0.1) is 10.2 Å². The van der Waals surface area contributed by atoms with Crippen molar-refractivity contribution in [2.24, 2.45) is 5.73 Å². The second-order valence-electron chi connectivity index (χ2n) is 10.1. The van der Waals surface area contributed by atoms with E-state index >= 15 is 0 Å². The lowest BCUT2D eigenvalue weighted by atomic mass is 9.94. The number of hydrogen-bond donors (Lipinski definition) is 1. The van der Waals surface area contributed by atoms with E-state index in [1.807, 2.05) is 42.2 Å². The van der Waals surface area contributed by atoms with Gasteiger partial charge in [0.2, 0.25) is 21.8 Å². The van der Waals surface area contributed by atoms with Crippen LogP contribution in [0.15, 0.2) is 52.9 Å². The lowest BCUT2D eigenvalue weighted by molar-refractivity contribution is 0.0730. The number of sulfonamides is 1. The Bertz CT molecular complexity index is 1350. The van der Waals surface area contributed by atoms with Gasteiger partial charge in [-0.3, -0.25) is 9.10 Å². The Morgan fingerprint density at radius 3 is 2.62 bits per heavy atom. The van der Waals surface area contributed by atoms with Gasteiger partial charge in [0.05, 0.1) is 17.5 Å². The van der Waals surface area contributed by atoms with E-state index in [2.05, 4.69) is 17.1 Å². The molecule has 1 aromatic heterocycles. The first-order valence-corrected chi connectivity index (χ1v) is 14.4. The fourth-order valence-corrected chi connectivity index (χ4v) is 5.29. The number of anilines is 1. The number of hydrogen-bond acceptors (Lipinski definition) is 7. The van der Waals surface area contributed by atoms with Crippen LogP contribution in [0.25, 0.3) is 11.5 Å². The molecule has 3 aromatic rings. The number of likely N-dealkylation sites (tertiary alicyclic amines) is 1. The number of nitrogens with zero attached hydrogens (tertiary/aromatic N) is 4. The summed E-state index contributed by atoms with van der Waals surface area (Å²) in [6, 6.07) is 14.9. The maximum absolute atomic E-state index is 13.6. The third-order valence-electron chi connectivity index (χ3n) is 6.86. The van der Waals surface area contributed by atoms with Crippen molar-refractivity contribution in [1.29, 1.82) is 0 Å². The van der Waals surface area contributed by atoms with Crippen molar-refractivity contribution in [3.63, 3.8) is 0 Å². The molecule has 1 aliphatic rings. The van der Waals surface area contributed by atoms with Gasteiger partial charge < -0.3 is 15.1 Å². The van der Waals surface area contributed by atoms with Crippen LogP contribution < -0.4 is 10.0 Å². The summed E-state index contributed by atoms with van der Waals surface area (Å²) in [5.41, 5.74) is 7.84. The van der Waals surface area contributed by atoms with Crippen LogP contribution in [0, 0.1) is 0 Å². The van der Waals surface area contributed by atoms with Crippen molar-refractivity contribution >= 4 is 21.6 Å². The highest BCUT2D eigenvalue weighted by molar-refractivity contribution is 7.92. The average Bonchev–Trinajstić information content (AvgIpc) is 3.53. The molecule has 37 heavy (non-hydrogen) atoms. The van der Waals surface area contributed by atoms with Gasteiger partial charge in [-0.1, -0.05) is 43.7 Å². The third-order valence-corrected chi connectivity index (χ3v) is 8.07. The molecule has 2 N–H and O–H groups in total. The lowest BCUT2D eigenvalue weighted by Crippen LogP contribution is -2.36. The van der Waals surface area contributed by atoms with Crippen molar-refractivity contribution < 1.29 is 17.6 Å². The summed E-state index contributed by atoms with van der Waals surface area (Å²) < 4.78 is 31.8. The zero-order valence-corrected chi connectivity index (χ0v) is 22.7. The predicted molar refractivity (Wildman–Crippen MR) is 144 cm³/mol. The molecule has 2 aromatic carbocycles. The number of rotatable bonds is 9. The van der Waals surface area contributed by atoms with E-state index in [9.17, 15) is 13.2 Å². The van der Waals surface area contributed by atoms with Crippen molar-refractivity contribution in [2.45, 2.75) is 57.5 Å². The van der Waals surface area contributed by atoms with Crippen LogP contribution in [-0.2, 0) is 22.0 Å². The number of aromatic nitrogens is 2. The number of nitrogens with two attached hydrogens (primary N) is 1. The Morgan fingerprint density at radius 1 is 1.22 bits per heavy atom. The zero-order chi connectivity index (χ0) is 26.8. The molecule has 10 heteroatoms. The summed E-state index contributed by atoms with van der Waals surface area (Å²) >= 11 is 0. The maximum Gasteiger partial charge on any atom is 0.254 e. The number of benzene rings is 2. The fourth-order valence-electron chi connectivity index (χ4n) is 4.80. The predicted octanol–water partition coefficient (Wildman–Crippen LogP) is 3.95. The van der Waals surface area contributed by atoms with E-state index < -0.39 is 15.6 Å².